The van der Waals surface area contributed by atoms with Gasteiger partial charge in [0, 0.05) is 12.5 Å². The number of rotatable bonds is 12. The maximum absolute atomic E-state index is 12.3. The molecule has 0 radical (unpaired) electrons. The molecule has 1 saturated carbocycles. The second-order valence-corrected chi connectivity index (χ2v) is 8.44. The summed E-state index contributed by atoms with van der Waals surface area (Å²) in [5, 5.41) is 8.08. The summed E-state index contributed by atoms with van der Waals surface area (Å²) in [7, 11) is 0. The van der Waals surface area contributed by atoms with Crippen LogP contribution in [0.2, 0.25) is 5.15 Å². The monoisotopic (exact) mass is 430 g/mol. The number of ether oxygens (including phenoxy) is 2. The summed E-state index contributed by atoms with van der Waals surface area (Å²) in [6.45, 7) is 4.21. The molecule has 1 aliphatic carbocycles. The molecular formula is C24H31ClN2O3. The molecule has 1 aromatic heterocycles. The number of hydrogen-bond donors (Lipinski definition) is 0. The van der Waals surface area contributed by atoms with E-state index in [1.165, 1.54) is 31.7 Å². The highest BCUT2D eigenvalue weighted by molar-refractivity contribution is 6.29. The zero-order valence-electron chi connectivity index (χ0n) is 18.0. The van der Waals surface area contributed by atoms with Gasteiger partial charge in [0.2, 0.25) is 0 Å². The predicted molar refractivity (Wildman–Crippen MR) is 119 cm³/mol. The van der Waals surface area contributed by atoms with Crippen molar-refractivity contribution >= 4 is 17.6 Å². The molecule has 0 aliphatic heterocycles. The Kier molecular flexibility index (Phi) is 8.50. The molecule has 0 bridgehead atoms. The van der Waals surface area contributed by atoms with E-state index in [0.717, 1.165) is 49.0 Å². The summed E-state index contributed by atoms with van der Waals surface area (Å²) >= 11 is 5.99. The van der Waals surface area contributed by atoms with Gasteiger partial charge in [-0.3, -0.25) is 4.79 Å². The van der Waals surface area contributed by atoms with Crippen molar-refractivity contribution in [1.82, 2.24) is 10.2 Å². The normalized spacial score (nSPS) is 13.3. The van der Waals surface area contributed by atoms with Gasteiger partial charge >= 0.3 is 5.97 Å². The molecule has 6 heteroatoms. The van der Waals surface area contributed by atoms with Crippen LogP contribution < -0.4 is 9.47 Å². The van der Waals surface area contributed by atoms with E-state index in [4.69, 9.17) is 21.1 Å². The number of carbonyl (C=O) groups excluding carboxylic acids is 1. The lowest BCUT2D eigenvalue weighted by Gasteiger charge is -2.14. The average molecular weight is 431 g/mol. The molecule has 2 aromatic rings. The number of unbranched alkanes of at least 4 members (excludes halogenated alkanes) is 6. The third kappa shape index (κ3) is 6.69. The van der Waals surface area contributed by atoms with Crippen LogP contribution >= 0.6 is 11.6 Å². The molecule has 30 heavy (non-hydrogen) atoms. The quantitative estimate of drug-likeness (QED) is 0.264. The van der Waals surface area contributed by atoms with Crippen molar-refractivity contribution in [2.24, 2.45) is 0 Å². The van der Waals surface area contributed by atoms with Gasteiger partial charge in [-0.05, 0) is 43.2 Å². The van der Waals surface area contributed by atoms with Crippen molar-refractivity contribution in [3.63, 3.8) is 0 Å². The zero-order valence-corrected chi connectivity index (χ0v) is 18.7. The maximum Gasteiger partial charge on any atom is 0.311 e. The number of halogens is 1. The molecule has 1 heterocycles. The number of carbonyl (C=O) groups is 1. The number of aryl methyl sites for hydroxylation is 1. The Balaban J connectivity index is 1.60. The average Bonchev–Trinajstić information content (AvgIpc) is 3.56. The first-order valence-electron chi connectivity index (χ1n) is 11.1. The molecule has 0 N–H and O–H groups in total. The van der Waals surface area contributed by atoms with Crippen LogP contribution in [-0.4, -0.2) is 16.2 Å². The van der Waals surface area contributed by atoms with Crippen LogP contribution in [-0.2, 0) is 4.79 Å². The lowest BCUT2D eigenvalue weighted by atomic mass is 10.1. The SMILES string of the molecule is CCCCCCCCCC(=O)Oc1cc(Cl)nnc1Oc1c(C)cccc1C1CC1. The first-order chi connectivity index (χ1) is 14.6. The highest BCUT2D eigenvalue weighted by Gasteiger charge is 2.28. The van der Waals surface area contributed by atoms with Crippen molar-refractivity contribution < 1.29 is 14.3 Å². The molecule has 1 fully saturated rings. The Hall–Kier alpha value is -2.14. The van der Waals surface area contributed by atoms with Crippen LogP contribution in [0.3, 0.4) is 0 Å². The van der Waals surface area contributed by atoms with Crippen molar-refractivity contribution in [3.05, 3.63) is 40.5 Å². The van der Waals surface area contributed by atoms with Gasteiger partial charge < -0.3 is 9.47 Å². The van der Waals surface area contributed by atoms with Crippen LogP contribution in [0.1, 0.15) is 88.2 Å². The smallest absolute Gasteiger partial charge is 0.311 e. The third-order valence-electron chi connectivity index (χ3n) is 5.36. The number of aromatic nitrogens is 2. The van der Waals surface area contributed by atoms with Gasteiger partial charge in [0.05, 0.1) is 0 Å². The van der Waals surface area contributed by atoms with E-state index in [2.05, 4.69) is 23.2 Å². The predicted octanol–water partition coefficient (Wildman–Crippen LogP) is 7.15. The van der Waals surface area contributed by atoms with Crippen molar-refractivity contribution in [1.29, 1.82) is 0 Å². The van der Waals surface area contributed by atoms with Gasteiger partial charge in [0.1, 0.15) is 5.75 Å². The van der Waals surface area contributed by atoms with Gasteiger partial charge in [-0.2, -0.15) is 0 Å². The molecular weight excluding hydrogens is 400 g/mol. The third-order valence-corrected chi connectivity index (χ3v) is 5.55. The molecule has 1 aliphatic rings. The van der Waals surface area contributed by atoms with Crippen LogP contribution in [0.5, 0.6) is 17.4 Å². The summed E-state index contributed by atoms with van der Waals surface area (Å²) in [6.07, 6.45) is 10.7. The fourth-order valence-electron chi connectivity index (χ4n) is 3.51. The second kappa shape index (κ2) is 11.3. The van der Waals surface area contributed by atoms with Crippen LogP contribution in [0, 0.1) is 6.92 Å². The van der Waals surface area contributed by atoms with Crippen LogP contribution in [0.25, 0.3) is 0 Å². The van der Waals surface area contributed by atoms with E-state index in [1.807, 2.05) is 19.1 Å². The first kappa shape index (κ1) is 22.5. The van der Waals surface area contributed by atoms with E-state index < -0.39 is 0 Å². The van der Waals surface area contributed by atoms with E-state index >= 15 is 0 Å². The summed E-state index contributed by atoms with van der Waals surface area (Å²) in [6, 6.07) is 7.60. The van der Waals surface area contributed by atoms with Crippen molar-refractivity contribution in [2.45, 2.75) is 84.0 Å². The van der Waals surface area contributed by atoms with Gasteiger partial charge in [0.25, 0.3) is 5.88 Å². The van der Waals surface area contributed by atoms with Gasteiger partial charge in [-0.15, -0.1) is 10.2 Å². The first-order valence-corrected chi connectivity index (χ1v) is 11.5. The number of esters is 1. The van der Waals surface area contributed by atoms with E-state index in [-0.39, 0.29) is 22.8 Å². The number of hydrogen-bond acceptors (Lipinski definition) is 5. The van der Waals surface area contributed by atoms with Gasteiger partial charge in [-0.1, -0.05) is 75.2 Å². The second-order valence-electron chi connectivity index (χ2n) is 8.05. The molecule has 3 rings (SSSR count). The van der Waals surface area contributed by atoms with Crippen molar-refractivity contribution in [2.75, 3.05) is 0 Å². The standard InChI is InChI=1S/C24H31ClN2O3/c1-3-4-5-6-7-8-9-13-22(28)29-20-16-21(25)26-27-24(20)30-23-17(2)11-10-12-19(23)18-14-15-18/h10-12,16,18H,3-9,13-15H2,1-2H3. The topological polar surface area (TPSA) is 61.3 Å². The Morgan fingerprint density at radius 3 is 2.57 bits per heavy atom. The lowest BCUT2D eigenvalue weighted by Crippen LogP contribution is -2.09. The Bertz CT molecular complexity index is 852. The molecule has 5 nitrogen and oxygen atoms in total. The number of benzene rings is 1. The molecule has 162 valence electrons. The molecule has 0 atom stereocenters. The van der Waals surface area contributed by atoms with E-state index in [1.54, 1.807) is 0 Å². The summed E-state index contributed by atoms with van der Waals surface area (Å²) in [5.41, 5.74) is 2.17. The fraction of sp³-hybridized carbons (Fsp3) is 0.542. The van der Waals surface area contributed by atoms with Crippen molar-refractivity contribution in [3.8, 4) is 17.4 Å². The largest absolute Gasteiger partial charge is 0.434 e. The molecule has 0 amide bonds. The minimum Gasteiger partial charge on any atom is -0.434 e. The molecule has 0 saturated heterocycles. The van der Waals surface area contributed by atoms with Crippen LogP contribution in [0.4, 0.5) is 0 Å². The van der Waals surface area contributed by atoms with E-state index in [0.29, 0.717) is 12.3 Å². The van der Waals surface area contributed by atoms with Gasteiger partial charge in [0.15, 0.2) is 10.9 Å². The summed E-state index contributed by atoms with van der Waals surface area (Å²) < 4.78 is 11.6. The van der Waals surface area contributed by atoms with Crippen LogP contribution in [0.15, 0.2) is 24.3 Å². The molecule has 0 unspecified atom stereocenters. The summed E-state index contributed by atoms with van der Waals surface area (Å²) in [5.74, 6) is 1.37. The highest BCUT2D eigenvalue weighted by Crippen LogP contribution is 2.46. The molecule has 0 spiro atoms. The molecule has 1 aromatic carbocycles. The number of nitrogens with zero attached hydrogens (tertiary/aromatic N) is 2. The fourth-order valence-corrected chi connectivity index (χ4v) is 3.65. The zero-order chi connectivity index (χ0) is 21.3. The minimum atomic E-state index is -0.301. The lowest BCUT2D eigenvalue weighted by molar-refractivity contribution is -0.134. The Morgan fingerprint density at radius 2 is 1.83 bits per heavy atom. The van der Waals surface area contributed by atoms with Gasteiger partial charge in [-0.25, -0.2) is 0 Å². The minimum absolute atomic E-state index is 0.160. The Morgan fingerprint density at radius 1 is 1.10 bits per heavy atom. The summed E-state index contributed by atoms with van der Waals surface area (Å²) in [4.78, 5) is 12.3. The number of para-hydroxylation sites is 1. The Labute approximate surface area is 184 Å². The highest BCUT2D eigenvalue weighted by atomic mass is 35.5. The van der Waals surface area contributed by atoms with E-state index in [9.17, 15) is 4.79 Å². The maximum atomic E-state index is 12.3.